The normalized spacial score (nSPS) is 11.3. The fourth-order valence-corrected chi connectivity index (χ4v) is 2.21. The van der Waals surface area contributed by atoms with E-state index in [0.717, 1.165) is 6.07 Å². The van der Waals surface area contributed by atoms with Gasteiger partial charge in [0, 0.05) is 20.3 Å². The first-order valence-corrected chi connectivity index (χ1v) is 7.04. The molecule has 8 heteroatoms. The monoisotopic (exact) mass is 288 g/mol. The fourth-order valence-electron chi connectivity index (χ4n) is 1.48. The van der Waals surface area contributed by atoms with Crippen LogP contribution in [0.3, 0.4) is 0 Å². The van der Waals surface area contributed by atoms with Crippen LogP contribution in [0.2, 0.25) is 0 Å². The van der Waals surface area contributed by atoms with Crippen molar-refractivity contribution >= 4 is 21.7 Å². The summed E-state index contributed by atoms with van der Waals surface area (Å²) in [4.78, 5) is 10.6. The van der Waals surface area contributed by atoms with E-state index in [9.17, 15) is 13.2 Å². The van der Waals surface area contributed by atoms with Crippen LogP contribution >= 0.6 is 0 Å². The lowest BCUT2D eigenvalue weighted by molar-refractivity contribution is 0.0696. The van der Waals surface area contributed by atoms with Crippen molar-refractivity contribution in [2.24, 2.45) is 5.14 Å². The van der Waals surface area contributed by atoms with Gasteiger partial charge in [-0.3, -0.25) is 0 Å². The smallest absolute Gasteiger partial charge is 0.335 e. The zero-order chi connectivity index (χ0) is 14.5. The third kappa shape index (κ3) is 4.51. The summed E-state index contributed by atoms with van der Waals surface area (Å²) in [6.07, 6.45) is 0.682. The number of ether oxygens (including phenoxy) is 1. The molecule has 0 fully saturated rings. The van der Waals surface area contributed by atoms with Crippen molar-refractivity contribution < 1.29 is 23.1 Å². The predicted octanol–water partition coefficient (Wildman–Crippen LogP) is 0.481. The van der Waals surface area contributed by atoms with Crippen LogP contribution in [0, 0.1) is 0 Å². The molecule has 4 N–H and O–H groups in total. The van der Waals surface area contributed by atoms with Crippen molar-refractivity contribution in [3.8, 4) is 0 Å². The van der Waals surface area contributed by atoms with Crippen LogP contribution in [0.1, 0.15) is 16.8 Å². The molecule has 0 saturated heterocycles. The molecule has 0 radical (unpaired) electrons. The van der Waals surface area contributed by atoms with E-state index >= 15 is 0 Å². The standard InChI is InChI=1S/C11H16N2O5S/c1-18-6-2-5-13-9-4-3-8(11(14)15)7-10(9)19(12,16)17/h3-4,7,13H,2,5-6H2,1H3,(H,14,15)(H2,12,16,17). The fraction of sp³-hybridized carbons (Fsp3) is 0.364. The van der Waals surface area contributed by atoms with Crippen LogP contribution in [0.15, 0.2) is 23.1 Å². The predicted molar refractivity (Wildman–Crippen MR) is 69.8 cm³/mol. The third-order valence-electron chi connectivity index (χ3n) is 2.38. The zero-order valence-corrected chi connectivity index (χ0v) is 11.2. The number of carboxylic acids is 1. The molecule has 7 nitrogen and oxygen atoms in total. The van der Waals surface area contributed by atoms with Crippen LogP contribution < -0.4 is 10.5 Å². The van der Waals surface area contributed by atoms with Crippen molar-refractivity contribution in [3.63, 3.8) is 0 Å². The van der Waals surface area contributed by atoms with Gasteiger partial charge in [0.05, 0.1) is 11.3 Å². The Bertz CT molecular complexity index is 556. The van der Waals surface area contributed by atoms with E-state index < -0.39 is 16.0 Å². The Hall–Kier alpha value is -1.64. The molecule has 0 aromatic heterocycles. The Morgan fingerprint density at radius 3 is 2.68 bits per heavy atom. The summed E-state index contributed by atoms with van der Waals surface area (Å²) in [5, 5.41) is 16.8. The summed E-state index contributed by atoms with van der Waals surface area (Å²) in [5.74, 6) is -1.21. The minimum atomic E-state index is -3.99. The van der Waals surface area contributed by atoms with Crippen molar-refractivity contribution in [3.05, 3.63) is 23.8 Å². The summed E-state index contributed by atoms with van der Waals surface area (Å²) in [7, 11) is -2.42. The molecule has 0 amide bonds. The average molecular weight is 288 g/mol. The van der Waals surface area contributed by atoms with E-state index in [1.807, 2.05) is 0 Å². The Morgan fingerprint density at radius 1 is 1.47 bits per heavy atom. The Labute approximate surface area is 111 Å². The lowest BCUT2D eigenvalue weighted by atomic mass is 10.2. The number of aromatic carboxylic acids is 1. The van der Waals surface area contributed by atoms with E-state index in [1.165, 1.54) is 12.1 Å². The first kappa shape index (κ1) is 15.4. The second-order valence-electron chi connectivity index (χ2n) is 3.83. The number of hydrogen-bond donors (Lipinski definition) is 3. The van der Waals surface area contributed by atoms with E-state index in [4.69, 9.17) is 15.0 Å². The molecular formula is C11H16N2O5S. The summed E-state index contributed by atoms with van der Waals surface area (Å²) < 4.78 is 27.7. The van der Waals surface area contributed by atoms with Gasteiger partial charge in [0.25, 0.3) is 0 Å². The highest BCUT2D eigenvalue weighted by molar-refractivity contribution is 7.89. The summed E-state index contributed by atoms with van der Waals surface area (Å²) in [6, 6.07) is 3.74. The molecule has 0 aliphatic heterocycles. The number of methoxy groups -OCH3 is 1. The summed E-state index contributed by atoms with van der Waals surface area (Å²) in [5.41, 5.74) is 0.148. The molecular weight excluding hydrogens is 272 g/mol. The molecule has 19 heavy (non-hydrogen) atoms. The Morgan fingerprint density at radius 2 is 2.16 bits per heavy atom. The highest BCUT2D eigenvalue weighted by Gasteiger charge is 2.16. The van der Waals surface area contributed by atoms with Gasteiger partial charge in [0.1, 0.15) is 4.90 Å². The largest absolute Gasteiger partial charge is 0.478 e. The number of carbonyl (C=O) groups is 1. The van der Waals surface area contributed by atoms with E-state index in [0.29, 0.717) is 19.6 Å². The number of benzene rings is 1. The van der Waals surface area contributed by atoms with Gasteiger partial charge in [-0.05, 0) is 24.6 Å². The van der Waals surface area contributed by atoms with Crippen LogP contribution in [0.4, 0.5) is 5.69 Å². The molecule has 0 atom stereocenters. The molecule has 0 unspecified atom stereocenters. The lowest BCUT2D eigenvalue weighted by Crippen LogP contribution is -2.17. The van der Waals surface area contributed by atoms with Crippen LogP contribution in [-0.2, 0) is 14.8 Å². The molecule has 106 valence electrons. The van der Waals surface area contributed by atoms with Gasteiger partial charge in [-0.25, -0.2) is 18.4 Å². The molecule has 0 aliphatic carbocycles. The molecule has 0 spiro atoms. The first-order valence-electron chi connectivity index (χ1n) is 5.49. The van der Waals surface area contributed by atoms with Crippen molar-refractivity contribution in [1.82, 2.24) is 0 Å². The molecule has 1 aromatic rings. The van der Waals surface area contributed by atoms with Crippen molar-refractivity contribution in [1.29, 1.82) is 0 Å². The molecule has 0 aliphatic rings. The summed E-state index contributed by atoms with van der Waals surface area (Å²) in [6.45, 7) is 1.02. The lowest BCUT2D eigenvalue weighted by Gasteiger charge is -2.11. The number of anilines is 1. The minimum absolute atomic E-state index is 0.133. The van der Waals surface area contributed by atoms with Gasteiger partial charge >= 0.3 is 5.97 Å². The maximum atomic E-state index is 11.4. The number of sulfonamides is 1. The van der Waals surface area contributed by atoms with Gasteiger partial charge in [0.15, 0.2) is 0 Å². The zero-order valence-electron chi connectivity index (χ0n) is 10.4. The number of nitrogens with one attached hydrogen (secondary N) is 1. The van der Waals surface area contributed by atoms with Crippen molar-refractivity contribution in [2.45, 2.75) is 11.3 Å². The number of rotatable bonds is 7. The molecule has 0 saturated carbocycles. The topological polar surface area (TPSA) is 119 Å². The second kappa shape index (κ2) is 6.50. The van der Waals surface area contributed by atoms with Crippen LogP contribution in [-0.4, -0.2) is 39.8 Å². The van der Waals surface area contributed by atoms with Gasteiger partial charge in [-0.1, -0.05) is 0 Å². The molecule has 0 heterocycles. The minimum Gasteiger partial charge on any atom is -0.478 e. The van der Waals surface area contributed by atoms with E-state index in [-0.39, 0.29) is 16.1 Å². The maximum Gasteiger partial charge on any atom is 0.335 e. The Kier molecular flexibility index (Phi) is 5.28. The first-order chi connectivity index (χ1) is 8.86. The second-order valence-corrected chi connectivity index (χ2v) is 5.36. The molecule has 0 bridgehead atoms. The molecule has 1 aromatic carbocycles. The number of primary sulfonamides is 1. The highest BCUT2D eigenvalue weighted by Crippen LogP contribution is 2.21. The van der Waals surface area contributed by atoms with E-state index in [1.54, 1.807) is 7.11 Å². The highest BCUT2D eigenvalue weighted by atomic mass is 32.2. The number of hydrogen-bond acceptors (Lipinski definition) is 5. The van der Waals surface area contributed by atoms with Gasteiger partial charge in [-0.15, -0.1) is 0 Å². The summed E-state index contributed by atoms with van der Waals surface area (Å²) >= 11 is 0. The van der Waals surface area contributed by atoms with Crippen LogP contribution in [0.25, 0.3) is 0 Å². The number of nitrogens with two attached hydrogens (primary N) is 1. The number of carboxylic acid groups (broad SMARTS) is 1. The van der Waals surface area contributed by atoms with Crippen molar-refractivity contribution in [2.75, 3.05) is 25.6 Å². The SMILES string of the molecule is COCCCNc1ccc(C(=O)O)cc1S(N)(=O)=O. The van der Waals surface area contributed by atoms with E-state index in [2.05, 4.69) is 5.32 Å². The average Bonchev–Trinajstić information content (AvgIpc) is 2.33. The van der Waals surface area contributed by atoms with Crippen LogP contribution in [0.5, 0.6) is 0 Å². The Balaban J connectivity index is 3.00. The van der Waals surface area contributed by atoms with Gasteiger partial charge in [-0.2, -0.15) is 0 Å². The maximum absolute atomic E-state index is 11.4. The molecule has 1 rings (SSSR count). The van der Waals surface area contributed by atoms with Gasteiger partial charge in [0.2, 0.25) is 10.0 Å². The quantitative estimate of drug-likeness (QED) is 0.628. The van der Waals surface area contributed by atoms with Gasteiger partial charge < -0.3 is 15.2 Å². The third-order valence-corrected chi connectivity index (χ3v) is 3.33.